The SMILES string of the molecule is Fc1ccc(-c2csc3ncnc(N/N=C\c4ccncc4)c23)cc1. The molecule has 0 spiro atoms. The number of thiophene rings is 1. The second-order valence-electron chi connectivity index (χ2n) is 5.21. The summed E-state index contributed by atoms with van der Waals surface area (Å²) in [4.78, 5) is 13.4. The number of benzene rings is 1. The Morgan fingerprint density at radius 3 is 2.64 bits per heavy atom. The van der Waals surface area contributed by atoms with Crippen molar-refractivity contribution >= 4 is 33.6 Å². The Bertz CT molecular complexity index is 1030. The molecular weight excluding hydrogens is 337 g/mol. The van der Waals surface area contributed by atoms with Gasteiger partial charge in [0.2, 0.25) is 0 Å². The summed E-state index contributed by atoms with van der Waals surface area (Å²) in [6, 6.07) is 10.1. The maximum Gasteiger partial charge on any atom is 0.159 e. The van der Waals surface area contributed by atoms with Gasteiger partial charge in [-0.3, -0.25) is 10.4 Å². The van der Waals surface area contributed by atoms with Gasteiger partial charge < -0.3 is 0 Å². The van der Waals surface area contributed by atoms with Crippen LogP contribution in [0.15, 0.2) is 65.6 Å². The molecule has 1 aromatic carbocycles. The van der Waals surface area contributed by atoms with Crippen LogP contribution < -0.4 is 5.43 Å². The molecule has 25 heavy (non-hydrogen) atoms. The second kappa shape index (κ2) is 6.74. The van der Waals surface area contributed by atoms with Gasteiger partial charge in [0.25, 0.3) is 0 Å². The van der Waals surface area contributed by atoms with Crippen LogP contribution in [0.3, 0.4) is 0 Å². The first kappa shape index (κ1) is 15.3. The van der Waals surface area contributed by atoms with E-state index in [4.69, 9.17) is 0 Å². The molecule has 0 bridgehead atoms. The highest BCUT2D eigenvalue weighted by atomic mass is 32.1. The average Bonchev–Trinajstić information content (AvgIpc) is 3.08. The molecule has 4 aromatic rings. The van der Waals surface area contributed by atoms with E-state index >= 15 is 0 Å². The molecular formula is C18H12FN5S. The first-order valence-corrected chi connectivity index (χ1v) is 8.36. The lowest BCUT2D eigenvalue weighted by Gasteiger charge is -2.04. The number of anilines is 1. The van der Waals surface area contributed by atoms with Crippen LogP contribution in [0.5, 0.6) is 0 Å². The van der Waals surface area contributed by atoms with E-state index in [1.165, 1.54) is 29.8 Å². The number of hydrazone groups is 1. The van der Waals surface area contributed by atoms with E-state index in [0.717, 1.165) is 26.9 Å². The normalized spacial score (nSPS) is 11.2. The van der Waals surface area contributed by atoms with Crippen molar-refractivity contribution in [3.05, 3.63) is 71.9 Å². The Morgan fingerprint density at radius 2 is 1.84 bits per heavy atom. The second-order valence-corrected chi connectivity index (χ2v) is 6.07. The minimum absolute atomic E-state index is 0.264. The molecule has 7 heteroatoms. The third-order valence-corrected chi connectivity index (χ3v) is 4.50. The van der Waals surface area contributed by atoms with E-state index < -0.39 is 0 Å². The molecule has 0 amide bonds. The number of nitrogens with zero attached hydrogens (tertiary/aromatic N) is 4. The Morgan fingerprint density at radius 1 is 1.04 bits per heavy atom. The van der Waals surface area contributed by atoms with Crippen molar-refractivity contribution in [2.45, 2.75) is 0 Å². The number of nitrogens with one attached hydrogen (secondary N) is 1. The molecule has 3 heterocycles. The van der Waals surface area contributed by atoms with Gasteiger partial charge in [0.05, 0.1) is 11.6 Å². The molecule has 1 N–H and O–H groups in total. The van der Waals surface area contributed by atoms with E-state index in [0.29, 0.717) is 5.82 Å². The Kier molecular flexibility index (Phi) is 4.14. The molecule has 4 rings (SSSR count). The summed E-state index contributed by atoms with van der Waals surface area (Å²) in [5, 5.41) is 7.10. The minimum atomic E-state index is -0.264. The van der Waals surface area contributed by atoms with Crippen molar-refractivity contribution in [1.82, 2.24) is 15.0 Å². The lowest BCUT2D eigenvalue weighted by molar-refractivity contribution is 0.628. The van der Waals surface area contributed by atoms with Crippen molar-refractivity contribution < 1.29 is 4.39 Å². The van der Waals surface area contributed by atoms with Crippen molar-refractivity contribution in [3.8, 4) is 11.1 Å². The molecule has 0 fully saturated rings. The van der Waals surface area contributed by atoms with Gasteiger partial charge in [-0.25, -0.2) is 14.4 Å². The molecule has 0 aliphatic rings. The van der Waals surface area contributed by atoms with E-state index in [-0.39, 0.29) is 5.82 Å². The molecule has 0 aliphatic carbocycles. The highest BCUT2D eigenvalue weighted by molar-refractivity contribution is 7.17. The molecule has 0 unspecified atom stereocenters. The van der Waals surface area contributed by atoms with Gasteiger partial charge in [0, 0.05) is 23.3 Å². The van der Waals surface area contributed by atoms with Crippen LogP contribution in [0.4, 0.5) is 10.2 Å². The van der Waals surface area contributed by atoms with Gasteiger partial charge in [-0.15, -0.1) is 11.3 Å². The van der Waals surface area contributed by atoms with E-state index in [1.807, 2.05) is 17.5 Å². The van der Waals surface area contributed by atoms with Crippen molar-refractivity contribution in [3.63, 3.8) is 0 Å². The number of halogens is 1. The Balaban J connectivity index is 1.70. The van der Waals surface area contributed by atoms with Crippen LogP contribution in [0.2, 0.25) is 0 Å². The average molecular weight is 349 g/mol. The van der Waals surface area contributed by atoms with Gasteiger partial charge >= 0.3 is 0 Å². The predicted molar refractivity (Wildman–Crippen MR) is 98.3 cm³/mol. The zero-order chi connectivity index (χ0) is 17.1. The third kappa shape index (κ3) is 3.22. The smallest absolute Gasteiger partial charge is 0.159 e. The van der Waals surface area contributed by atoms with Crippen molar-refractivity contribution in [2.75, 3.05) is 5.43 Å². The van der Waals surface area contributed by atoms with Crippen LogP contribution in [-0.4, -0.2) is 21.2 Å². The molecule has 3 aromatic heterocycles. The fourth-order valence-electron chi connectivity index (χ4n) is 2.42. The van der Waals surface area contributed by atoms with E-state index in [9.17, 15) is 4.39 Å². The molecule has 0 aliphatic heterocycles. The summed E-state index contributed by atoms with van der Waals surface area (Å²) in [7, 11) is 0. The topological polar surface area (TPSA) is 63.1 Å². The lowest BCUT2D eigenvalue weighted by Crippen LogP contribution is -1.95. The van der Waals surface area contributed by atoms with Gasteiger partial charge in [0.15, 0.2) is 5.82 Å². The number of aromatic nitrogens is 3. The van der Waals surface area contributed by atoms with Gasteiger partial charge in [-0.2, -0.15) is 5.10 Å². The maximum absolute atomic E-state index is 13.2. The fraction of sp³-hybridized carbons (Fsp3) is 0. The number of fused-ring (bicyclic) bond motifs is 1. The van der Waals surface area contributed by atoms with Gasteiger partial charge in [0.1, 0.15) is 17.0 Å². The lowest BCUT2D eigenvalue weighted by atomic mass is 10.1. The van der Waals surface area contributed by atoms with Crippen molar-refractivity contribution in [2.24, 2.45) is 5.10 Å². The Hall–Kier alpha value is -3.19. The largest absolute Gasteiger partial charge is 0.265 e. The standard InChI is InChI=1S/C18H12FN5S/c19-14-3-1-13(2-4-14)15-10-25-18-16(15)17(21-11-22-18)24-23-9-12-5-7-20-8-6-12/h1-11H,(H,21,22,24)/b23-9-. The monoisotopic (exact) mass is 349 g/mol. The third-order valence-electron chi connectivity index (χ3n) is 3.62. The predicted octanol–water partition coefficient (Wildman–Crippen LogP) is 4.34. The molecule has 122 valence electrons. The summed E-state index contributed by atoms with van der Waals surface area (Å²) in [5.74, 6) is 0.343. The first-order chi connectivity index (χ1) is 12.3. The maximum atomic E-state index is 13.2. The fourth-order valence-corrected chi connectivity index (χ4v) is 3.34. The summed E-state index contributed by atoms with van der Waals surface area (Å²) < 4.78 is 13.2. The van der Waals surface area contributed by atoms with Gasteiger partial charge in [-0.05, 0) is 35.4 Å². The van der Waals surface area contributed by atoms with Crippen LogP contribution >= 0.6 is 11.3 Å². The number of hydrogen-bond acceptors (Lipinski definition) is 6. The van der Waals surface area contributed by atoms with Crippen LogP contribution in [0.25, 0.3) is 21.3 Å². The molecule has 0 saturated carbocycles. The summed E-state index contributed by atoms with van der Waals surface area (Å²) in [5.41, 5.74) is 5.75. The number of rotatable bonds is 4. The molecule has 0 atom stereocenters. The molecule has 0 radical (unpaired) electrons. The summed E-state index contributed by atoms with van der Waals surface area (Å²) >= 11 is 1.51. The molecule has 0 saturated heterocycles. The highest BCUT2D eigenvalue weighted by Gasteiger charge is 2.12. The van der Waals surface area contributed by atoms with Crippen LogP contribution in [-0.2, 0) is 0 Å². The quantitative estimate of drug-likeness (QED) is 0.440. The van der Waals surface area contributed by atoms with Crippen molar-refractivity contribution in [1.29, 1.82) is 0 Å². The van der Waals surface area contributed by atoms with E-state index in [1.54, 1.807) is 30.7 Å². The minimum Gasteiger partial charge on any atom is -0.265 e. The summed E-state index contributed by atoms with van der Waals surface area (Å²) in [6.07, 6.45) is 6.60. The molecule has 5 nitrogen and oxygen atoms in total. The van der Waals surface area contributed by atoms with Gasteiger partial charge in [-0.1, -0.05) is 12.1 Å². The number of pyridine rings is 1. The van der Waals surface area contributed by atoms with Crippen LogP contribution in [0, 0.1) is 5.82 Å². The zero-order valence-corrected chi connectivity index (χ0v) is 13.7. The summed E-state index contributed by atoms with van der Waals surface area (Å²) in [6.45, 7) is 0. The first-order valence-electron chi connectivity index (χ1n) is 7.48. The number of hydrogen-bond donors (Lipinski definition) is 1. The Labute approximate surface area is 146 Å². The van der Waals surface area contributed by atoms with E-state index in [2.05, 4.69) is 25.5 Å². The van der Waals surface area contributed by atoms with Crippen LogP contribution in [0.1, 0.15) is 5.56 Å². The zero-order valence-electron chi connectivity index (χ0n) is 12.9. The highest BCUT2D eigenvalue weighted by Crippen LogP contribution is 2.36.